The molecule has 0 fully saturated rings. The molecule has 0 spiro atoms. The lowest BCUT2D eigenvalue weighted by atomic mass is 10.1. The van der Waals surface area contributed by atoms with Crippen LogP contribution >= 0.6 is 23.4 Å². The molecule has 0 saturated heterocycles. The zero-order valence-corrected chi connectivity index (χ0v) is 20.2. The number of halogens is 1. The minimum Gasteiger partial charge on any atom is -0.497 e. The number of hydrogen-bond acceptors (Lipinski definition) is 6. The quantitative estimate of drug-likeness (QED) is 0.209. The van der Waals surface area contributed by atoms with Gasteiger partial charge < -0.3 is 4.74 Å². The predicted octanol–water partition coefficient (Wildman–Crippen LogP) is 5.15. The highest BCUT2D eigenvalue weighted by molar-refractivity contribution is 7.99. The molecule has 0 aliphatic carbocycles. The largest absolute Gasteiger partial charge is 0.497 e. The molecule has 9 heteroatoms. The van der Waals surface area contributed by atoms with Gasteiger partial charge in [0.05, 0.1) is 19.1 Å². The molecular weight excluding hydrogens is 470 g/mol. The number of hydrogen-bond donors (Lipinski definition) is 1. The van der Waals surface area contributed by atoms with E-state index < -0.39 is 0 Å². The third-order valence-electron chi connectivity index (χ3n) is 4.98. The zero-order chi connectivity index (χ0) is 23.9. The highest BCUT2D eigenvalue weighted by Gasteiger charge is 2.17. The second-order valence-corrected chi connectivity index (χ2v) is 8.66. The number of ether oxygens (including phenoxy) is 1. The minimum atomic E-state index is -0.244. The Bertz CT molecular complexity index is 1300. The van der Waals surface area contributed by atoms with E-state index in [0.29, 0.717) is 16.0 Å². The van der Waals surface area contributed by atoms with Crippen molar-refractivity contribution in [3.63, 3.8) is 0 Å². The van der Waals surface area contributed by atoms with Crippen LogP contribution in [-0.4, -0.2) is 39.7 Å². The maximum atomic E-state index is 12.4. The molecule has 1 amide bonds. The van der Waals surface area contributed by atoms with Crippen molar-refractivity contribution >= 4 is 35.5 Å². The van der Waals surface area contributed by atoms with Gasteiger partial charge in [-0.3, -0.25) is 9.36 Å². The highest BCUT2D eigenvalue weighted by Crippen LogP contribution is 2.29. The van der Waals surface area contributed by atoms with E-state index in [1.165, 1.54) is 11.8 Å². The molecular formula is C25H22ClN5O2S. The van der Waals surface area contributed by atoms with Crippen LogP contribution in [0.3, 0.4) is 0 Å². The molecule has 1 heterocycles. The Morgan fingerprint density at radius 1 is 1.09 bits per heavy atom. The van der Waals surface area contributed by atoms with E-state index in [4.69, 9.17) is 16.3 Å². The fourth-order valence-corrected chi connectivity index (χ4v) is 4.05. The summed E-state index contributed by atoms with van der Waals surface area (Å²) in [5.74, 6) is 1.27. The summed E-state index contributed by atoms with van der Waals surface area (Å²) in [6.07, 6.45) is 1.63. The average Bonchev–Trinajstić information content (AvgIpc) is 3.28. The number of carbonyl (C=O) groups is 1. The van der Waals surface area contributed by atoms with Crippen LogP contribution in [0.2, 0.25) is 5.02 Å². The Kier molecular flexibility index (Phi) is 7.61. The van der Waals surface area contributed by atoms with E-state index in [1.54, 1.807) is 25.5 Å². The Labute approximate surface area is 206 Å². The molecule has 1 aromatic heterocycles. The van der Waals surface area contributed by atoms with Gasteiger partial charge in [-0.2, -0.15) is 5.10 Å². The number of benzene rings is 3. The summed E-state index contributed by atoms with van der Waals surface area (Å²) in [7, 11) is 1.62. The third-order valence-corrected chi connectivity index (χ3v) is 6.16. The molecule has 0 saturated carbocycles. The first-order chi connectivity index (χ1) is 16.5. The number of nitrogens with one attached hydrogen (secondary N) is 1. The fourth-order valence-electron chi connectivity index (χ4n) is 3.18. The SMILES string of the molecule is COc1ccc(-c2nnc(SCC(=O)NN=Cc3ccccc3C)n2-c2ccc(Cl)cc2)cc1. The van der Waals surface area contributed by atoms with Gasteiger partial charge >= 0.3 is 0 Å². The first-order valence-electron chi connectivity index (χ1n) is 10.4. The van der Waals surface area contributed by atoms with E-state index in [1.807, 2.05) is 72.2 Å². The van der Waals surface area contributed by atoms with Gasteiger partial charge in [-0.1, -0.05) is 47.6 Å². The Morgan fingerprint density at radius 3 is 2.53 bits per heavy atom. The average molecular weight is 492 g/mol. The molecule has 172 valence electrons. The lowest BCUT2D eigenvalue weighted by Gasteiger charge is -2.11. The molecule has 0 radical (unpaired) electrons. The van der Waals surface area contributed by atoms with Crippen molar-refractivity contribution in [3.8, 4) is 22.8 Å². The lowest BCUT2D eigenvalue weighted by Crippen LogP contribution is -2.20. The normalized spacial score (nSPS) is 11.0. The smallest absolute Gasteiger partial charge is 0.250 e. The minimum absolute atomic E-state index is 0.124. The third kappa shape index (κ3) is 5.65. The molecule has 4 aromatic rings. The standard InChI is InChI=1S/C25H22ClN5O2S/c1-17-5-3-4-6-19(17)15-27-28-23(32)16-34-25-30-29-24(18-7-13-22(33-2)14-8-18)31(25)21-11-9-20(26)10-12-21/h3-15H,16H2,1-2H3,(H,28,32). The van der Waals surface area contributed by atoms with Crippen molar-refractivity contribution in [1.29, 1.82) is 0 Å². The van der Waals surface area contributed by atoms with Gasteiger partial charge in [0.15, 0.2) is 11.0 Å². The van der Waals surface area contributed by atoms with Gasteiger partial charge in [-0.15, -0.1) is 10.2 Å². The van der Waals surface area contributed by atoms with Gasteiger partial charge in [-0.05, 0) is 66.6 Å². The van der Waals surface area contributed by atoms with Gasteiger partial charge in [0, 0.05) is 16.3 Å². The van der Waals surface area contributed by atoms with Crippen LogP contribution in [0.4, 0.5) is 0 Å². The molecule has 3 aromatic carbocycles. The molecule has 4 rings (SSSR count). The van der Waals surface area contributed by atoms with Crippen LogP contribution in [-0.2, 0) is 4.79 Å². The van der Waals surface area contributed by atoms with Crippen LogP contribution in [0, 0.1) is 6.92 Å². The highest BCUT2D eigenvalue weighted by atomic mass is 35.5. The van der Waals surface area contributed by atoms with Crippen LogP contribution in [0.5, 0.6) is 5.75 Å². The fraction of sp³-hybridized carbons (Fsp3) is 0.120. The number of amides is 1. The number of methoxy groups -OCH3 is 1. The molecule has 7 nitrogen and oxygen atoms in total. The summed E-state index contributed by atoms with van der Waals surface area (Å²) in [4.78, 5) is 12.4. The Hall–Kier alpha value is -3.62. The number of aromatic nitrogens is 3. The maximum absolute atomic E-state index is 12.4. The van der Waals surface area contributed by atoms with Crippen LogP contribution in [0.1, 0.15) is 11.1 Å². The number of carbonyl (C=O) groups excluding carboxylic acids is 1. The Morgan fingerprint density at radius 2 is 1.82 bits per heavy atom. The summed E-state index contributed by atoms with van der Waals surface area (Å²) in [6, 6.07) is 22.7. The first kappa shape index (κ1) is 23.5. The van der Waals surface area contributed by atoms with Gasteiger partial charge in [-0.25, -0.2) is 5.43 Å². The van der Waals surface area contributed by atoms with E-state index in [0.717, 1.165) is 28.1 Å². The van der Waals surface area contributed by atoms with E-state index in [-0.39, 0.29) is 11.7 Å². The lowest BCUT2D eigenvalue weighted by molar-refractivity contribution is -0.118. The van der Waals surface area contributed by atoms with Crippen molar-refractivity contribution in [2.45, 2.75) is 12.1 Å². The monoisotopic (exact) mass is 491 g/mol. The first-order valence-corrected chi connectivity index (χ1v) is 11.8. The summed E-state index contributed by atoms with van der Waals surface area (Å²) >= 11 is 7.35. The molecule has 0 unspecified atom stereocenters. The van der Waals surface area contributed by atoms with E-state index in [2.05, 4.69) is 20.7 Å². The van der Waals surface area contributed by atoms with E-state index >= 15 is 0 Å². The molecule has 34 heavy (non-hydrogen) atoms. The number of hydrazone groups is 1. The molecule has 0 aliphatic heterocycles. The van der Waals surface area contributed by atoms with Crippen molar-refractivity contribution in [1.82, 2.24) is 20.2 Å². The van der Waals surface area contributed by atoms with E-state index in [9.17, 15) is 4.79 Å². The van der Waals surface area contributed by atoms with Crippen LogP contribution < -0.4 is 10.2 Å². The van der Waals surface area contributed by atoms with Crippen molar-refractivity contribution in [2.24, 2.45) is 5.10 Å². The number of aryl methyl sites for hydroxylation is 1. The molecule has 0 aliphatic rings. The van der Waals surface area contributed by atoms with Gasteiger partial charge in [0.25, 0.3) is 5.91 Å². The predicted molar refractivity (Wildman–Crippen MR) is 136 cm³/mol. The van der Waals surface area contributed by atoms with Crippen LogP contribution in [0.25, 0.3) is 17.1 Å². The van der Waals surface area contributed by atoms with Crippen LogP contribution in [0.15, 0.2) is 83.1 Å². The number of thioether (sulfide) groups is 1. The second kappa shape index (κ2) is 11.0. The van der Waals surface area contributed by atoms with Crippen molar-refractivity contribution in [2.75, 3.05) is 12.9 Å². The number of rotatable bonds is 8. The summed E-state index contributed by atoms with van der Waals surface area (Å²) in [5.41, 5.74) is 6.29. The molecule has 0 bridgehead atoms. The molecule has 1 N–H and O–H groups in total. The van der Waals surface area contributed by atoms with Gasteiger partial charge in [0.2, 0.25) is 0 Å². The maximum Gasteiger partial charge on any atom is 0.250 e. The summed E-state index contributed by atoms with van der Waals surface area (Å²) in [6.45, 7) is 1.99. The zero-order valence-electron chi connectivity index (χ0n) is 18.6. The summed E-state index contributed by atoms with van der Waals surface area (Å²) in [5, 5.41) is 14.0. The molecule has 0 atom stereocenters. The topological polar surface area (TPSA) is 81.4 Å². The van der Waals surface area contributed by atoms with Crippen molar-refractivity contribution < 1.29 is 9.53 Å². The van der Waals surface area contributed by atoms with Crippen molar-refractivity contribution in [3.05, 3.63) is 88.9 Å². The summed E-state index contributed by atoms with van der Waals surface area (Å²) < 4.78 is 7.15. The van der Waals surface area contributed by atoms with Gasteiger partial charge in [0.1, 0.15) is 5.75 Å². The second-order valence-electron chi connectivity index (χ2n) is 7.28. The number of nitrogens with zero attached hydrogens (tertiary/aromatic N) is 4. The Balaban J connectivity index is 1.53.